The van der Waals surface area contributed by atoms with Crippen molar-refractivity contribution in [1.29, 1.82) is 0 Å². The second-order valence-electron chi connectivity index (χ2n) is 6.21. The topological polar surface area (TPSA) is 21.3 Å². The monoisotopic (exact) mass is 339 g/mol. The zero-order chi connectivity index (χ0) is 14.4. The van der Waals surface area contributed by atoms with E-state index in [4.69, 9.17) is 4.74 Å². The Morgan fingerprint density at radius 3 is 2.75 bits per heavy atom. The third-order valence-electron chi connectivity index (χ3n) is 3.85. The molecule has 0 saturated heterocycles. The minimum Gasteiger partial charge on any atom is -0.492 e. The highest BCUT2D eigenvalue weighted by Gasteiger charge is 2.17. The first-order valence-electron chi connectivity index (χ1n) is 7.77. The van der Waals surface area contributed by atoms with Crippen molar-refractivity contribution >= 4 is 15.9 Å². The van der Waals surface area contributed by atoms with Gasteiger partial charge in [-0.1, -0.05) is 38.8 Å². The average molecular weight is 340 g/mol. The molecule has 1 aromatic carbocycles. The molecule has 1 aromatic rings. The molecule has 112 valence electrons. The van der Waals surface area contributed by atoms with E-state index in [0.717, 1.165) is 35.8 Å². The van der Waals surface area contributed by atoms with Crippen molar-refractivity contribution in [3.05, 3.63) is 28.2 Å². The van der Waals surface area contributed by atoms with E-state index in [0.29, 0.717) is 5.92 Å². The molecule has 2 nitrogen and oxygen atoms in total. The first-order valence-corrected chi connectivity index (χ1v) is 8.57. The molecule has 0 atom stereocenters. The normalized spacial score (nSPS) is 16.0. The Morgan fingerprint density at radius 2 is 2.05 bits per heavy atom. The Balaban J connectivity index is 1.94. The Morgan fingerprint density at radius 1 is 1.30 bits per heavy atom. The lowest BCUT2D eigenvalue weighted by molar-refractivity contribution is 0.248. The predicted molar refractivity (Wildman–Crippen MR) is 88.1 cm³/mol. The van der Waals surface area contributed by atoms with E-state index >= 15 is 0 Å². The first-order chi connectivity index (χ1) is 9.66. The molecule has 0 aromatic heterocycles. The summed E-state index contributed by atoms with van der Waals surface area (Å²) in [6, 6.07) is 6.30. The molecule has 1 saturated carbocycles. The maximum absolute atomic E-state index is 6.12. The van der Waals surface area contributed by atoms with Crippen LogP contribution in [0.2, 0.25) is 0 Å². The molecule has 1 aliphatic rings. The van der Waals surface area contributed by atoms with Gasteiger partial charge in [-0.3, -0.25) is 0 Å². The zero-order valence-corrected chi connectivity index (χ0v) is 14.2. The molecule has 0 radical (unpaired) electrons. The van der Waals surface area contributed by atoms with Crippen LogP contribution in [0.4, 0.5) is 0 Å². The van der Waals surface area contributed by atoms with Gasteiger partial charge in [0.15, 0.2) is 0 Å². The number of rotatable bonds is 7. The second-order valence-corrected chi connectivity index (χ2v) is 7.07. The van der Waals surface area contributed by atoms with Gasteiger partial charge in [0.05, 0.1) is 11.1 Å². The van der Waals surface area contributed by atoms with Gasteiger partial charge < -0.3 is 10.1 Å². The molecule has 1 aliphatic carbocycles. The van der Waals surface area contributed by atoms with Crippen molar-refractivity contribution in [3.8, 4) is 5.75 Å². The number of hydrogen-bond donors (Lipinski definition) is 1. The van der Waals surface area contributed by atoms with Gasteiger partial charge in [0.25, 0.3) is 0 Å². The molecule has 1 fully saturated rings. The lowest BCUT2D eigenvalue weighted by Crippen LogP contribution is -2.20. The van der Waals surface area contributed by atoms with E-state index < -0.39 is 0 Å². The summed E-state index contributed by atoms with van der Waals surface area (Å²) in [6.07, 6.45) is 5.39. The molecular weight excluding hydrogens is 314 g/mol. The summed E-state index contributed by atoms with van der Waals surface area (Å²) in [6.45, 7) is 7.23. The van der Waals surface area contributed by atoms with Crippen molar-refractivity contribution < 1.29 is 4.74 Å². The van der Waals surface area contributed by atoms with Gasteiger partial charge in [-0.05, 0) is 53.2 Å². The van der Waals surface area contributed by atoms with Crippen molar-refractivity contribution in [3.63, 3.8) is 0 Å². The molecule has 0 unspecified atom stereocenters. The van der Waals surface area contributed by atoms with Gasteiger partial charge in [0.1, 0.15) is 5.75 Å². The molecule has 2 rings (SSSR count). The summed E-state index contributed by atoms with van der Waals surface area (Å²) < 4.78 is 7.19. The Labute approximate surface area is 131 Å². The number of hydrogen-bond acceptors (Lipinski definition) is 2. The van der Waals surface area contributed by atoms with Crippen LogP contribution in [0, 0.1) is 11.8 Å². The highest BCUT2D eigenvalue weighted by Crippen LogP contribution is 2.31. The van der Waals surface area contributed by atoms with Gasteiger partial charge in [-0.15, -0.1) is 0 Å². The number of benzene rings is 1. The predicted octanol–water partition coefficient (Wildman–Crippen LogP) is 4.76. The number of para-hydroxylation sites is 1. The van der Waals surface area contributed by atoms with Crippen molar-refractivity contribution in [2.45, 2.75) is 46.1 Å². The summed E-state index contributed by atoms with van der Waals surface area (Å²) in [5.41, 5.74) is 1.25. The summed E-state index contributed by atoms with van der Waals surface area (Å²) in [7, 11) is 0. The lowest BCUT2D eigenvalue weighted by Gasteiger charge is -2.17. The van der Waals surface area contributed by atoms with Crippen LogP contribution in [0.15, 0.2) is 22.7 Å². The number of halogens is 1. The molecule has 0 amide bonds. The van der Waals surface area contributed by atoms with E-state index in [9.17, 15) is 0 Å². The van der Waals surface area contributed by atoms with Gasteiger partial charge in [-0.25, -0.2) is 0 Å². The lowest BCUT2D eigenvalue weighted by atomic mass is 10.1. The maximum atomic E-state index is 6.12. The van der Waals surface area contributed by atoms with E-state index in [1.54, 1.807) is 0 Å². The summed E-state index contributed by atoms with van der Waals surface area (Å²) >= 11 is 3.62. The summed E-state index contributed by atoms with van der Waals surface area (Å²) in [5, 5.41) is 3.50. The van der Waals surface area contributed by atoms with Crippen molar-refractivity contribution in [2.24, 2.45) is 11.8 Å². The van der Waals surface area contributed by atoms with Gasteiger partial charge in [-0.2, -0.15) is 0 Å². The molecule has 1 N–H and O–H groups in total. The van der Waals surface area contributed by atoms with Crippen molar-refractivity contribution in [1.82, 2.24) is 5.32 Å². The smallest absolute Gasteiger partial charge is 0.137 e. The molecule has 0 aliphatic heterocycles. The maximum Gasteiger partial charge on any atom is 0.137 e. The third-order valence-corrected chi connectivity index (χ3v) is 4.48. The third kappa shape index (κ3) is 4.78. The summed E-state index contributed by atoms with van der Waals surface area (Å²) in [4.78, 5) is 0. The van der Waals surface area contributed by atoms with Gasteiger partial charge in [0, 0.05) is 12.1 Å². The highest BCUT2D eigenvalue weighted by molar-refractivity contribution is 9.10. The standard InChI is InChI=1S/C17H26BrNO/c1-13(2)10-19-11-15-8-5-9-16(18)17(15)20-12-14-6-3-4-7-14/h5,8-9,13-14,19H,3-4,6-7,10-12H2,1-2H3. The molecule has 0 spiro atoms. The molecule has 0 heterocycles. The molecule has 20 heavy (non-hydrogen) atoms. The van der Waals surface area contributed by atoms with Crippen LogP contribution in [-0.2, 0) is 6.54 Å². The van der Waals surface area contributed by atoms with E-state index in [2.05, 4.69) is 53.3 Å². The largest absolute Gasteiger partial charge is 0.492 e. The number of ether oxygens (including phenoxy) is 1. The van der Waals surface area contributed by atoms with Crippen LogP contribution < -0.4 is 10.1 Å². The van der Waals surface area contributed by atoms with Crippen molar-refractivity contribution in [2.75, 3.05) is 13.2 Å². The molecule has 3 heteroatoms. The van der Waals surface area contributed by atoms with Crippen LogP contribution >= 0.6 is 15.9 Å². The van der Waals surface area contributed by atoms with E-state index in [1.807, 2.05) is 0 Å². The highest BCUT2D eigenvalue weighted by atomic mass is 79.9. The summed E-state index contributed by atoms with van der Waals surface area (Å²) in [5.74, 6) is 2.44. The van der Waals surface area contributed by atoms with Crippen LogP contribution in [0.1, 0.15) is 45.1 Å². The SMILES string of the molecule is CC(C)CNCc1cccc(Br)c1OCC1CCCC1. The quantitative estimate of drug-likeness (QED) is 0.772. The van der Waals surface area contributed by atoms with Crippen LogP contribution in [-0.4, -0.2) is 13.2 Å². The zero-order valence-electron chi connectivity index (χ0n) is 12.6. The van der Waals surface area contributed by atoms with E-state index in [-0.39, 0.29) is 0 Å². The fourth-order valence-corrected chi connectivity index (χ4v) is 3.25. The second kappa shape index (κ2) is 8.04. The minimum atomic E-state index is 0.671. The Bertz CT molecular complexity index is 413. The van der Waals surface area contributed by atoms with Crippen LogP contribution in [0.3, 0.4) is 0 Å². The number of nitrogens with one attached hydrogen (secondary N) is 1. The first kappa shape index (κ1) is 15.8. The van der Waals surface area contributed by atoms with Gasteiger partial charge in [0.2, 0.25) is 0 Å². The van der Waals surface area contributed by atoms with E-state index in [1.165, 1.54) is 31.2 Å². The van der Waals surface area contributed by atoms with Crippen LogP contribution in [0.5, 0.6) is 5.75 Å². The van der Waals surface area contributed by atoms with Gasteiger partial charge >= 0.3 is 0 Å². The Kier molecular flexibility index (Phi) is 6.37. The Hall–Kier alpha value is -0.540. The average Bonchev–Trinajstić information content (AvgIpc) is 2.90. The fourth-order valence-electron chi connectivity index (χ4n) is 2.73. The molecule has 0 bridgehead atoms. The van der Waals surface area contributed by atoms with Crippen LogP contribution in [0.25, 0.3) is 0 Å². The fraction of sp³-hybridized carbons (Fsp3) is 0.647. The minimum absolute atomic E-state index is 0.671. The molecular formula is C17H26BrNO.